The van der Waals surface area contributed by atoms with E-state index < -0.39 is 26.8 Å². The average Bonchev–Trinajstić information content (AvgIpc) is 3.48. The lowest BCUT2D eigenvalue weighted by Crippen LogP contribution is -2.41. The molecule has 4 aromatic rings. The third-order valence-electron chi connectivity index (χ3n) is 7.59. The molecule has 0 spiro atoms. The van der Waals surface area contributed by atoms with E-state index in [0.717, 1.165) is 5.56 Å². The van der Waals surface area contributed by atoms with Crippen LogP contribution in [0.2, 0.25) is 0 Å². The van der Waals surface area contributed by atoms with Crippen LogP contribution < -0.4 is 14.5 Å². The van der Waals surface area contributed by atoms with Crippen LogP contribution in [0.25, 0.3) is 11.3 Å². The highest BCUT2D eigenvalue weighted by atomic mass is 32.2. The summed E-state index contributed by atoms with van der Waals surface area (Å²) >= 11 is 1.21. The Labute approximate surface area is 269 Å². The van der Waals surface area contributed by atoms with Crippen molar-refractivity contribution in [2.45, 2.75) is 34.0 Å². The molecule has 6 rings (SSSR count). The van der Waals surface area contributed by atoms with Gasteiger partial charge in [0.2, 0.25) is 5.91 Å². The van der Waals surface area contributed by atoms with Crippen LogP contribution in [0.1, 0.15) is 18.4 Å². The SMILES string of the molecule is N#Cc1c(-c2ccccc2)nc(SCC(=O)N2CCOCC2)nc1N1CCC(Oc2no[n+]([O-])c2S(=O)(=O)c2ccccc2)CC1. The van der Waals surface area contributed by atoms with Gasteiger partial charge in [-0.05, 0) is 17.0 Å². The first-order chi connectivity index (χ1) is 22.3. The molecule has 0 bridgehead atoms. The Morgan fingerprint density at radius 1 is 1.04 bits per heavy atom. The molecule has 2 aromatic heterocycles. The maximum Gasteiger partial charge on any atom is 0.415 e. The van der Waals surface area contributed by atoms with Gasteiger partial charge in [0.1, 0.15) is 17.7 Å². The summed E-state index contributed by atoms with van der Waals surface area (Å²) in [5.74, 6) is 0.124. The van der Waals surface area contributed by atoms with Gasteiger partial charge in [0.15, 0.2) is 11.0 Å². The first-order valence-electron chi connectivity index (χ1n) is 14.5. The fourth-order valence-corrected chi connectivity index (χ4v) is 7.25. The number of morpholine rings is 1. The van der Waals surface area contributed by atoms with Crippen LogP contribution in [0.3, 0.4) is 0 Å². The molecule has 238 valence electrons. The molecule has 2 saturated heterocycles. The van der Waals surface area contributed by atoms with E-state index in [-0.39, 0.29) is 21.5 Å². The van der Waals surface area contributed by atoms with Crippen LogP contribution in [0, 0.1) is 16.5 Å². The lowest BCUT2D eigenvalue weighted by Gasteiger charge is -2.33. The monoisotopic (exact) mass is 663 g/mol. The van der Waals surface area contributed by atoms with Gasteiger partial charge in [-0.3, -0.25) is 9.42 Å². The smallest absolute Gasteiger partial charge is 0.415 e. The van der Waals surface area contributed by atoms with Crippen molar-refractivity contribution in [3.8, 4) is 23.2 Å². The number of thioether (sulfide) groups is 1. The van der Waals surface area contributed by atoms with Crippen molar-refractivity contribution in [2.24, 2.45) is 0 Å². The minimum absolute atomic E-state index is 0.0389. The van der Waals surface area contributed by atoms with Gasteiger partial charge in [-0.15, -0.1) is 0 Å². The van der Waals surface area contributed by atoms with Crippen LogP contribution in [-0.4, -0.2) is 85.6 Å². The van der Waals surface area contributed by atoms with Crippen LogP contribution >= 0.6 is 11.8 Å². The number of amides is 1. The van der Waals surface area contributed by atoms with Crippen molar-refractivity contribution >= 4 is 33.3 Å². The number of hydrogen-bond donors (Lipinski definition) is 0. The number of carbonyl (C=O) groups is 1. The van der Waals surface area contributed by atoms with Gasteiger partial charge >= 0.3 is 10.9 Å². The molecule has 16 heteroatoms. The quantitative estimate of drug-likeness (QED) is 0.145. The molecule has 2 aromatic carbocycles. The molecule has 1 amide bonds. The van der Waals surface area contributed by atoms with Crippen LogP contribution in [-0.2, 0) is 19.4 Å². The summed E-state index contributed by atoms with van der Waals surface area (Å²) in [6.45, 7) is 2.88. The Morgan fingerprint density at radius 2 is 1.72 bits per heavy atom. The summed E-state index contributed by atoms with van der Waals surface area (Å²) in [4.78, 5) is 25.7. The molecule has 0 radical (unpaired) electrons. The van der Waals surface area contributed by atoms with Gasteiger partial charge in [0.05, 0.1) is 34.7 Å². The summed E-state index contributed by atoms with van der Waals surface area (Å²) < 4.78 is 42.2. The molecule has 4 heterocycles. The fraction of sp³-hybridized carbons (Fsp3) is 0.333. The number of nitrogens with zero attached hydrogens (tertiary/aromatic N) is 7. The maximum absolute atomic E-state index is 13.2. The van der Waals surface area contributed by atoms with Gasteiger partial charge in [0.25, 0.3) is 9.84 Å². The van der Waals surface area contributed by atoms with E-state index in [1.807, 2.05) is 35.2 Å². The molecule has 0 atom stereocenters. The zero-order chi connectivity index (χ0) is 32.1. The molecule has 2 aliphatic rings. The molecular formula is C30H29N7O7S2. The normalized spacial score (nSPS) is 15.8. The largest absolute Gasteiger partial charge is 0.451 e. The standard InChI is InChI=1S/C30H29N7O7S2/c31-19-24-26(21-7-3-1-4-8-21)32-30(45-20-25(38)35-15-17-42-18-16-35)33-27(24)36-13-11-22(12-14-36)43-28-29(37(39)44-34-28)46(40,41)23-9-5-2-6-10-23/h1-10,22H,11-18,20H2. The molecule has 0 saturated carbocycles. The summed E-state index contributed by atoms with van der Waals surface area (Å²) in [6.07, 6.45) is 0.320. The summed E-state index contributed by atoms with van der Waals surface area (Å²) in [5.41, 5.74) is 1.51. The van der Waals surface area contributed by atoms with Crippen molar-refractivity contribution in [1.82, 2.24) is 20.0 Å². The molecule has 2 fully saturated rings. The molecule has 46 heavy (non-hydrogen) atoms. The molecule has 2 aliphatic heterocycles. The number of benzene rings is 2. The number of sulfone groups is 1. The Balaban J connectivity index is 1.21. The van der Waals surface area contributed by atoms with E-state index in [1.165, 1.54) is 23.9 Å². The van der Waals surface area contributed by atoms with E-state index in [0.29, 0.717) is 74.5 Å². The van der Waals surface area contributed by atoms with Crippen LogP contribution in [0.15, 0.2) is 80.4 Å². The van der Waals surface area contributed by atoms with Crippen molar-refractivity contribution in [1.29, 1.82) is 5.26 Å². The van der Waals surface area contributed by atoms with E-state index in [4.69, 9.17) is 19.4 Å². The van der Waals surface area contributed by atoms with E-state index in [2.05, 4.69) is 15.9 Å². The zero-order valence-corrected chi connectivity index (χ0v) is 26.2. The second-order valence-electron chi connectivity index (χ2n) is 10.5. The second kappa shape index (κ2) is 13.7. The van der Waals surface area contributed by atoms with Gasteiger partial charge < -0.3 is 24.5 Å². The highest BCUT2D eigenvalue weighted by molar-refractivity contribution is 7.99. The predicted octanol–water partition coefficient (Wildman–Crippen LogP) is 2.47. The number of ether oxygens (including phenoxy) is 2. The van der Waals surface area contributed by atoms with E-state index >= 15 is 0 Å². The molecule has 0 N–H and O–H groups in total. The van der Waals surface area contributed by atoms with Crippen molar-refractivity contribution in [3.63, 3.8) is 0 Å². The molecule has 14 nitrogen and oxygen atoms in total. The van der Waals surface area contributed by atoms with E-state index in [1.54, 1.807) is 23.1 Å². The lowest BCUT2D eigenvalue weighted by atomic mass is 10.0. The van der Waals surface area contributed by atoms with Gasteiger partial charge in [0, 0.05) is 44.6 Å². The summed E-state index contributed by atoms with van der Waals surface area (Å²) in [7, 11) is -4.26. The molecule has 0 unspecified atom stereocenters. The zero-order valence-electron chi connectivity index (χ0n) is 24.5. The molecular weight excluding hydrogens is 635 g/mol. The Kier molecular flexibility index (Phi) is 9.33. The number of rotatable bonds is 9. The van der Waals surface area contributed by atoms with Gasteiger partial charge in [-0.1, -0.05) is 60.3 Å². The number of aromatic nitrogens is 4. The van der Waals surface area contributed by atoms with E-state index in [9.17, 15) is 23.7 Å². The third-order valence-corrected chi connectivity index (χ3v) is 10.1. The summed E-state index contributed by atoms with van der Waals surface area (Å²) in [5, 5.41) is 25.8. The van der Waals surface area contributed by atoms with Gasteiger partial charge in [-0.2, -0.15) is 5.26 Å². The molecule has 0 aliphatic carbocycles. The Hall–Kier alpha value is -4.72. The maximum atomic E-state index is 13.2. The Bertz CT molecular complexity index is 1840. The van der Waals surface area contributed by atoms with Crippen LogP contribution in [0.5, 0.6) is 5.88 Å². The fourth-order valence-electron chi connectivity index (χ4n) is 5.23. The van der Waals surface area contributed by atoms with Gasteiger partial charge in [-0.25, -0.2) is 18.4 Å². The number of anilines is 1. The average molecular weight is 664 g/mol. The topological polar surface area (TPSA) is 179 Å². The third kappa shape index (κ3) is 6.62. The lowest BCUT2D eigenvalue weighted by molar-refractivity contribution is -0.832. The minimum Gasteiger partial charge on any atom is -0.451 e. The second-order valence-corrected chi connectivity index (χ2v) is 13.3. The number of hydrogen-bond acceptors (Lipinski definition) is 13. The predicted molar refractivity (Wildman–Crippen MR) is 164 cm³/mol. The number of nitriles is 1. The van der Waals surface area contributed by atoms with Crippen molar-refractivity contribution in [2.75, 3.05) is 50.0 Å². The number of piperidine rings is 1. The number of carbonyl (C=O) groups excluding carboxylic acids is 1. The highest BCUT2D eigenvalue weighted by Crippen LogP contribution is 2.33. The highest BCUT2D eigenvalue weighted by Gasteiger charge is 2.38. The minimum atomic E-state index is -4.26. The Morgan fingerprint density at radius 3 is 2.39 bits per heavy atom. The first kappa shape index (κ1) is 31.3. The summed E-state index contributed by atoms with van der Waals surface area (Å²) in [6, 6.07) is 19.1. The van der Waals surface area contributed by atoms with Crippen molar-refractivity contribution in [3.05, 3.63) is 71.4 Å². The van der Waals surface area contributed by atoms with Crippen LogP contribution in [0.4, 0.5) is 5.82 Å². The first-order valence-corrected chi connectivity index (χ1v) is 17.0. The van der Waals surface area contributed by atoms with Crippen molar-refractivity contribution < 1.29 is 32.2 Å².